The molecule has 0 spiro atoms. The van der Waals surface area contributed by atoms with E-state index in [9.17, 15) is 13.6 Å². The SMILES string of the molecule is COc1ccc(C(NC(=O)c2cc(F)c(F)cc2Cl)C2CC2)cc1. The second kappa shape index (κ2) is 6.77. The molecule has 0 aromatic heterocycles. The summed E-state index contributed by atoms with van der Waals surface area (Å²) >= 11 is 5.88. The third-order valence-electron chi connectivity index (χ3n) is 4.11. The van der Waals surface area contributed by atoms with E-state index in [0.717, 1.165) is 36.3 Å². The zero-order valence-electron chi connectivity index (χ0n) is 13.0. The van der Waals surface area contributed by atoms with E-state index in [1.807, 2.05) is 24.3 Å². The molecule has 1 unspecified atom stereocenters. The number of rotatable bonds is 5. The highest BCUT2D eigenvalue weighted by Crippen LogP contribution is 2.41. The first kappa shape index (κ1) is 16.7. The molecular formula is C18H16ClF2NO2. The van der Waals surface area contributed by atoms with Crippen LogP contribution in [0.5, 0.6) is 5.75 Å². The molecule has 0 heterocycles. The van der Waals surface area contributed by atoms with Crippen molar-refractivity contribution in [1.29, 1.82) is 0 Å². The summed E-state index contributed by atoms with van der Waals surface area (Å²) in [6.07, 6.45) is 2.00. The second-order valence-electron chi connectivity index (χ2n) is 5.81. The standard InChI is InChI=1S/C18H16ClF2NO2/c1-24-12-6-4-11(5-7-12)17(10-2-3-10)22-18(23)13-8-15(20)16(21)9-14(13)19/h4-10,17H,2-3H2,1H3,(H,22,23). The van der Waals surface area contributed by atoms with E-state index in [1.54, 1.807) is 7.11 Å². The Morgan fingerprint density at radius 1 is 1.21 bits per heavy atom. The lowest BCUT2D eigenvalue weighted by Crippen LogP contribution is -2.30. The summed E-state index contributed by atoms with van der Waals surface area (Å²) in [5, 5.41) is 2.77. The van der Waals surface area contributed by atoms with Gasteiger partial charge in [0.2, 0.25) is 0 Å². The van der Waals surface area contributed by atoms with Crippen molar-refractivity contribution in [3.05, 3.63) is 64.2 Å². The first-order valence-electron chi connectivity index (χ1n) is 7.59. The minimum Gasteiger partial charge on any atom is -0.497 e. The third-order valence-corrected chi connectivity index (χ3v) is 4.42. The largest absolute Gasteiger partial charge is 0.497 e. The molecule has 0 bridgehead atoms. The number of carbonyl (C=O) groups is 1. The van der Waals surface area contributed by atoms with E-state index in [-0.39, 0.29) is 16.6 Å². The highest BCUT2D eigenvalue weighted by molar-refractivity contribution is 6.33. The summed E-state index contributed by atoms with van der Waals surface area (Å²) in [4.78, 5) is 12.5. The fraction of sp³-hybridized carbons (Fsp3) is 0.278. The van der Waals surface area contributed by atoms with Gasteiger partial charge in [0, 0.05) is 0 Å². The summed E-state index contributed by atoms with van der Waals surface area (Å²) in [5.74, 6) is -1.65. The summed E-state index contributed by atoms with van der Waals surface area (Å²) in [5.41, 5.74) is 0.861. The Balaban J connectivity index is 1.83. The van der Waals surface area contributed by atoms with Gasteiger partial charge in [-0.1, -0.05) is 23.7 Å². The molecule has 1 aliphatic rings. The number of methoxy groups -OCH3 is 1. The van der Waals surface area contributed by atoms with Crippen LogP contribution in [0.25, 0.3) is 0 Å². The molecule has 2 aromatic carbocycles. The Morgan fingerprint density at radius 3 is 2.42 bits per heavy atom. The maximum Gasteiger partial charge on any atom is 0.253 e. The van der Waals surface area contributed by atoms with Gasteiger partial charge in [-0.3, -0.25) is 4.79 Å². The number of nitrogens with one attached hydrogen (secondary N) is 1. The molecule has 0 saturated heterocycles. The Hall–Kier alpha value is -2.14. The Morgan fingerprint density at radius 2 is 1.83 bits per heavy atom. The van der Waals surface area contributed by atoms with E-state index in [4.69, 9.17) is 16.3 Å². The Kier molecular flexibility index (Phi) is 4.71. The van der Waals surface area contributed by atoms with Crippen LogP contribution < -0.4 is 10.1 Å². The zero-order valence-corrected chi connectivity index (χ0v) is 13.7. The van der Waals surface area contributed by atoms with Crippen molar-refractivity contribution in [3.8, 4) is 5.75 Å². The molecular weight excluding hydrogens is 336 g/mol. The summed E-state index contributed by atoms with van der Waals surface area (Å²) in [6, 6.07) is 8.84. The molecule has 2 aromatic rings. The number of carbonyl (C=O) groups excluding carboxylic acids is 1. The van der Waals surface area contributed by atoms with Crippen LogP contribution in [-0.4, -0.2) is 13.0 Å². The number of hydrogen-bond donors (Lipinski definition) is 1. The molecule has 6 heteroatoms. The van der Waals surface area contributed by atoms with E-state index in [0.29, 0.717) is 5.92 Å². The van der Waals surface area contributed by atoms with Gasteiger partial charge in [0.05, 0.1) is 23.7 Å². The summed E-state index contributed by atoms with van der Waals surface area (Å²) < 4.78 is 31.7. The number of halogens is 3. The molecule has 1 N–H and O–H groups in total. The predicted octanol–water partition coefficient (Wildman–Crippen LogP) is 4.51. The average molecular weight is 352 g/mol. The van der Waals surface area contributed by atoms with Gasteiger partial charge in [0.1, 0.15) is 5.75 Å². The lowest BCUT2D eigenvalue weighted by Gasteiger charge is -2.19. The van der Waals surface area contributed by atoms with Crippen molar-refractivity contribution in [3.63, 3.8) is 0 Å². The van der Waals surface area contributed by atoms with Crippen LogP contribution in [0.15, 0.2) is 36.4 Å². The minimum absolute atomic E-state index is 0.0743. The van der Waals surface area contributed by atoms with Crippen molar-refractivity contribution in [2.24, 2.45) is 5.92 Å². The average Bonchev–Trinajstić information content (AvgIpc) is 3.41. The first-order chi connectivity index (χ1) is 11.5. The van der Waals surface area contributed by atoms with Crippen molar-refractivity contribution < 1.29 is 18.3 Å². The van der Waals surface area contributed by atoms with E-state index in [2.05, 4.69) is 5.32 Å². The van der Waals surface area contributed by atoms with Crippen LogP contribution >= 0.6 is 11.6 Å². The lowest BCUT2D eigenvalue weighted by molar-refractivity contribution is 0.0931. The van der Waals surface area contributed by atoms with Crippen molar-refractivity contribution in [2.45, 2.75) is 18.9 Å². The molecule has 1 saturated carbocycles. The number of amides is 1. The van der Waals surface area contributed by atoms with Crippen LogP contribution in [0.4, 0.5) is 8.78 Å². The molecule has 1 fully saturated rings. The molecule has 24 heavy (non-hydrogen) atoms. The predicted molar refractivity (Wildman–Crippen MR) is 87.3 cm³/mol. The molecule has 1 aliphatic carbocycles. The normalized spacial score (nSPS) is 15.0. The van der Waals surface area contributed by atoms with E-state index < -0.39 is 17.5 Å². The van der Waals surface area contributed by atoms with E-state index >= 15 is 0 Å². The minimum atomic E-state index is -1.10. The first-order valence-corrected chi connectivity index (χ1v) is 7.96. The molecule has 0 aliphatic heterocycles. The molecule has 3 nitrogen and oxygen atoms in total. The van der Waals surface area contributed by atoms with Gasteiger partial charge in [-0.2, -0.15) is 0 Å². The van der Waals surface area contributed by atoms with Gasteiger partial charge in [-0.15, -0.1) is 0 Å². The van der Waals surface area contributed by atoms with Crippen molar-refractivity contribution in [1.82, 2.24) is 5.32 Å². The summed E-state index contributed by atoms with van der Waals surface area (Å²) in [6.45, 7) is 0. The van der Waals surface area contributed by atoms with Crippen molar-refractivity contribution >= 4 is 17.5 Å². The maximum absolute atomic E-state index is 13.4. The highest BCUT2D eigenvalue weighted by Gasteiger charge is 2.34. The molecule has 0 radical (unpaired) electrons. The van der Waals surface area contributed by atoms with Crippen LogP contribution in [0.3, 0.4) is 0 Å². The van der Waals surface area contributed by atoms with Gasteiger partial charge in [-0.25, -0.2) is 8.78 Å². The Bertz CT molecular complexity index is 760. The molecule has 126 valence electrons. The topological polar surface area (TPSA) is 38.3 Å². The van der Waals surface area contributed by atoms with Crippen molar-refractivity contribution in [2.75, 3.05) is 7.11 Å². The second-order valence-corrected chi connectivity index (χ2v) is 6.22. The van der Waals surface area contributed by atoms with E-state index in [1.165, 1.54) is 0 Å². The van der Waals surface area contributed by atoms with Gasteiger partial charge in [0.25, 0.3) is 5.91 Å². The molecule has 3 rings (SSSR count). The van der Waals surface area contributed by atoms with Crippen LogP contribution in [0.2, 0.25) is 5.02 Å². The van der Waals surface area contributed by atoms with Gasteiger partial charge >= 0.3 is 0 Å². The molecule has 1 amide bonds. The van der Waals surface area contributed by atoms with Crippen LogP contribution in [-0.2, 0) is 0 Å². The Labute approximate surface area is 143 Å². The number of hydrogen-bond acceptors (Lipinski definition) is 2. The smallest absolute Gasteiger partial charge is 0.253 e. The van der Waals surface area contributed by atoms with Crippen LogP contribution in [0, 0.1) is 17.6 Å². The fourth-order valence-corrected chi connectivity index (χ4v) is 2.87. The number of ether oxygens (including phenoxy) is 1. The van der Waals surface area contributed by atoms with Gasteiger partial charge in [0.15, 0.2) is 11.6 Å². The third kappa shape index (κ3) is 3.51. The monoisotopic (exact) mass is 351 g/mol. The van der Waals surface area contributed by atoms with Gasteiger partial charge < -0.3 is 10.1 Å². The van der Waals surface area contributed by atoms with Crippen LogP contribution in [0.1, 0.15) is 34.8 Å². The highest BCUT2D eigenvalue weighted by atomic mass is 35.5. The zero-order chi connectivity index (χ0) is 17.3. The quantitative estimate of drug-likeness (QED) is 0.805. The fourth-order valence-electron chi connectivity index (χ4n) is 2.63. The van der Waals surface area contributed by atoms with Gasteiger partial charge in [-0.05, 0) is 48.6 Å². The maximum atomic E-state index is 13.4. The summed E-state index contributed by atoms with van der Waals surface area (Å²) in [7, 11) is 1.58. The lowest BCUT2D eigenvalue weighted by atomic mass is 10.0. The molecule has 1 atom stereocenters. The number of benzene rings is 2.